The molecule has 1 fully saturated rings. The van der Waals surface area contributed by atoms with E-state index in [9.17, 15) is 19.8 Å². The fourth-order valence-corrected chi connectivity index (χ4v) is 2.65. The van der Waals surface area contributed by atoms with Gasteiger partial charge < -0.3 is 10.2 Å². The Morgan fingerprint density at radius 2 is 1.67 bits per heavy atom. The molecule has 0 spiro atoms. The number of rotatable bonds is 6. The highest BCUT2D eigenvalue weighted by molar-refractivity contribution is 5.99. The second kappa shape index (κ2) is 7.19. The van der Waals surface area contributed by atoms with Gasteiger partial charge >= 0.3 is 11.9 Å². The molecule has 0 amide bonds. The standard InChI is InChI=1S/C14H22O4/c1-2-3-9-11(13(15)16)12(14(17)18)10-7-5-4-6-8-10/h10H,2-9H2,1H3,(H,15,16)(H,17,18). The van der Waals surface area contributed by atoms with E-state index in [0.717, 1.165) is 44.9 Å². The zero-order chi connectivity index (χ0) is 13.5. The Kier molecular flexibility index (Phi) is 5.89. The molecule has 0 aromatic carbocycles. The Morgan fingerprint density at radius 1 is 1.06 bits per heavy atom. The molecule has 0 unspecified atom stereocenters. The minimum atomic E-state index is -1.06. The summed E-state index contributed by atoms with van der Waals surface area (Å²) in [6, 6.07) is 0. The van der Waals surface area contributed by atoms with Crippen LogP contribution in [0.15, 0.2) is 11.1 Å². The number of unbranched alkanes of at least 4 members (excludes halogenated alkanes) is 1. The van der Waals surface area contributed by atoms with Gasteiger partial charge in [0.25, 0.3) is 0 Å². The third-order valence-electron chi connectivity index (χ3n) is 3.61. The molecule has 4 nitrogen and oxygen atoms in total. The van der Waals surface area contributed by atoms with Crippen LogP contribution in [-0.4, -0.2) is 22.2 Å². The predicted molar refractivity (Wildman–Crippen MR) is 68.4 cm³/mol. The zero-order valence-electron chi connectivity index (χ0n) is 10.9. The molecule has 4 heteroatoms. The van der Waals surface area contributed by atoms with Crippen molar-refractivity contribution in [3.8, 4) is 0 Å². The summed E-state index contributed by atoms with van der Waals surface area (Å²) in [6.45, 7) is 1.97. The van der Waals surface area contributed by atoms with Crippen LogP contribution in [0.5, 0.6) is 0 Å². The van der Waals surface area contributed by atoms with Crippen molar-refractivity contribution in [1.82, 2.24) is 0 Å². The lowest BCUT2D eigenvalue weighted by Crippen LogP contribution is -2.21. The van der Waals surface area contributed by atoms with Crippen LogP contribution in [-0.2, 0) is 9.59 Å². The fourth-order valence-electron chi connectivity index (χ4n) is 2.65. The van der Waals surface area contributed by atoms with E-state index in [2.05, 4.69) is 0 Å². The van der Waals surface area contributed by atoms with Crippen molar-refractivity contribution < 1.29 is 19.8 Å². The van der Waals surface area contributed by atoms with Crippen molar-refractivity contribution >= 4 is 11.9 Å². The molecule has 1 aliphatic carbocycles. The maximum atomic E-state index is 11.4. The molecular weight excluding hydrogens is 232 g/mol. The van der Waals surface area contributed by atoms with Gasteiger partial charge in [-0.05, 0) is 31.6 Å². The van der Waals surface area contributed by atoms with Gasteiger partial charge in [0.05, 0.1) is 5.57 Å². The first-order valence-corrected chi connectivity index (χ1v) is 6.77. The van der Waals surface area contributed by atoms with E-state index >= 15 is 0 Å². The summed E-state index contributed by atoms with van der Waals surface area (Å²) >= 11 is 0. The van der Waals surface area contributed by atoms with Gasteiger partial charge in [0.15, 0.2) is 0 Å². The van der Waals surface area contributed by atoms with E-state index < -0.39 is 11.9 Å². The molecule has 0 aromatic rings. The smallest absolute Gasteiger partial charge is 0.332 e. The van der Waals surface area contributed by atoms with Gasteiger partial charge in [-0.2, -0.15) is 0 Å². The normalized spacial score (nSPS) is 18.3. The lowest BCUT2D eigenvalue weighted by atomic mass is 9.81. The first-order chi connectivity index (χ1) is 8.57. The summed E-state index contributed by atoms with van der Waals surface area (Å²) < 4.78 is 0. The quantitative estimate of drug-likeness (QED) is 0.714. The molecule has 0 heterocycles. The Bertz CT molecular complexity index is 338. The minimum absolute atomic E-state index is 0.0702. The summed E-state index contributed by atoms with van der Waals surface area (Å²) in [7, 11) is 0. The highest BCUT2D eigenvalue weighted by Crippen LogP contribution is 2.32. The van der Waals surface area contributed by atoms with Gasteiger partial charge in [-0.25, -0.2) is 9.59 Å². The topological polar surface area (TPSA) is 74.6 Å². The lowest BCUT2D eigenvalue weighted by molar-refractivity contribution is -0.136. The highest BCUT2D eigenvalue weighted by Gasteiger charge is 2.28. The van der Waals surface area contributed by atoms with Gasteiger partial charge in [0, 0.05) is 5.57 Å². The monoisotopic (exact) mass is 254 g/mol. The predicted octanol–water partition coefficient (Wildman–Crippen LogP) is 3.22. The van der Waals surface area contributed by atoms with Crippen molar-refractivity contribution in [2.45, 2.75) is 58.3 Å². The highest BCUT2D eigenvalue weighted by atomic mass is 16.4. The molecule has 0 atom stereocenters. The van der Waals surface area contributed by atoms with Gasteiger partial charge in [-0.1, -0.05) is 32.6 Å². The average Bonchev–Trinajstić information content (AvgIpc) is 2.34. The van der Waals surface area contributed by atoms with Crippen LogP contribution in [0.3, 0.4) is 0 Å². The molecule has 0 saturated heterocycles. The summed E-state index contributed by atoms with van der Waals surface area (Å²) in [5, 5.41) is 18.6. The minimum Gasteiger partial charge on any atom is -0.478 e. The van der Waals surface area contributed by atoms with E-state index in [-0.39, 0.29) is 17.1 Å². The van der Waals surface area contributed by atoms with Crippen LogP contribution in [0.2, 0.25) is 0 Å². The largest absolute Gasteiger partial charge is 0.478 e. The molecule has 0 bridgehead atoms. The third-order valence-corrected chi connectivity index (χ3v) is 3.61. The van der Waals surface area contributed by atoms with Crippen LogP contribution in [0.25, 0.3) is 0 Å². The van der Waals surface area contributed by atoms with Gasteiger partial charge in [0.2, 0.25) is 0 Å². The molecule has 18 heavy (non-hydrogen) atoms. The molecular formula is C14H22O4. The van der Waals surface area contributed by atoms with Crippen LogP contribution >= 0.6 is 0 Å². The summed E-state index contributed by atoms with van der Waals surface area (Å²) in [5.74, 6) is -2.18. The molecule has 102 valence electrons. The Balaban J connectivity index is 3.01. The molecule has 1 aliphatic rings. The number of carboxylic acids is 2. The third kappa shape index (κ3) is 3.86. The van der Waals surface area contributed by atoms with Crippen molar-refractivity contribution in [2.75, 3.05) is 0 Å². The first kappa shape index (κ1) is 14.7. The average molecular weight is 254 g/mol. The van der Waals surface area contributed by atoms with E-state index in [1.54, 1.807) is 0 Å². The SMILES string of the molecule is CCCCC(C(=O)O)=C(C(=O)O)C1CCCCC1. The van der Waals surface area contributed by atoms with Crippen LogP contribution in [0.4, 0.5) is 0 Å². The second-order valence-corrected chi connectivity index (χ2v) is 4.94. The van der Waals surface area contributed by atoms with Gasteiger partial charge in [0.1, 0.15) is 0 Å². The maximum Gasteiger partial charge on any atom is 0.332 e. The molecule has 0 radical (unpaired) electrons. The Labute approximate surface area is 108 Å². The number of hydrogen-bond donors (Lipinski definition) is 2. The number of carboxylic acid groups (broad SMARTS) is 2. The van der Waals surface area contributed by atoms with Crippen LogP contribution in [0, 0.1) is 5.92 Å². The molecule has 1 saturated carbocycles. The van der Waals surface area contributed by atoms with Crippen LogP contribution < -0.4 is 0 Å². The van der Waals surface area contributed by atoms with Crippen molar-refractivity contribution in [2.24, 2.45) is 5.92 Å². The molecule has 2 N–H and O–H groups in total. The fraction of sp³-hybridized carbons (Fsp3) is 0.714. The van der Waals surface area contributed by atoms with E-state index in [1.807, 2.05) is 6.92 Å². The summed E-state index contributed by atoms with van der Waals surface area (Å²) in [5.41, 5.74) is 0.284. The van der Waals surface area contributed by atoms with Crippen molar-refractivity contribution in [3.63, 3.8) is 0 Å². The van der Waals surface area contributed by atoms with Crippen molar-refractivity contribution in [3.05, 3.63) is 11.1 Å². The maximum absolute atomic E-state index is 11.4. The second-order valence-electron chi connectivity index (χ2n) is 4.94. The first-order valence-electron chi connectivity index (χ1n) is 6.77. The molecule has 1 rings (SSSR count). The van der Waals surface area contributed by atoms with E-state index in [1.165, 1.54) is 0 Å². The van der Waals surface area contributed by atoms with Gasteiger partial charge in [-0.15, -0.1) is 0 Å². The number of hydrogen-bond acceptors (Lipinski definition) is 2. The Morgan fingerprint density at radius 3 is 2.11 bits per heavy atom. The number of carbonyl (C=O) groups is 2. The Hall–Kier alpha value is -1.32. The van der Waals surface area contributed by atoms with E-state index in [4.69, 9.17) is 0 Å². The zero-order valence-corrected chi connectivity index (χ0v) is 10.9. The summed E-state index contributed by atoms with van der Waals surface area (Å²) in [4.78, 5) is 22.7. The molecule has 0 aromatic heterocycles. The molecule has 0 aliphatic heterocycles. The summed E-state index contributed by atoms with van der Waals surface area (Å²) in [6.07, 6.45) is 6.71. The lowest BCUT2D eigenvalue weighted by Gasteiger charge is -2.23. The van der Waals surface area contributed by atoms with E-state index in [0.29, 0.717) is 6.42 Å². The number of aliphatic carboxylic acids is 2. The van der Waals surface area contributed by atoms with Crippen LogP contribution in [0.1, 0.15) is 58.3 Å². The van der Waals surface area contributed by atoms with Gasteiger partial charge in [-0.3, -0.25) is 0 Å². The van der Waals surface area contributed by atoms with Crippen molar-refractivity contribution in [1.29, 1.82) is 0 Å².